The number of hydrogen-bond acceptors (Lipinski definition) is 3. The van der Waals surface area contributed by atoms with E-state index in [2.05, 4.69) is 22.2 Å². The number of nitrogens with one attached hydrogen (secondary N) is 2. The molecule has 1 aromatic heterocycles. The largest absolute Gasteiger partial charge is 0.367 e. The molecule has 0 unspecified atom stereocenters. The van der Waals surface area contributed by atoms with Crippen LogP contribution in [-0.4, -0.2) is 16.0 Å². The monoisotopic (exact) mass is 249 g/mol. The lowest BCUT2D eigenvalue weighted by atomic mass is 9.87. The number of anilines is 1. The van der Waals surface area contributed by atoms with E-state index in [1.54, 1.807) is 6.07 Å². The summed E-state index contributed by atoms with van der Waals surface area (Å²) in [5.74, 6) is 2.56. The Morgan fingerprint density at radius 3 is 2.61 bits per heavy atom. The standard InChI is InChI=1S/C14H23N3O/c1-9(2)14-16-12(8-13(18)17-14)15-11-6-4-10(3)5-7-11/h8-11H,4-7H2,1-3H3,(H2,15,16,17,18). The van der Waals surface area contributed by atoms with E-state index in [1.807, 2.05) is 13.8 Å². The van der Waals surface area contributed by atoms with Gasteiger partial charge < -0.3 is 10.3 Å². The van der Waals surface area contributed by atoms with Gasteiger partial charge in [-0.05, 0) is 31.6 Å². The molecule has 2 N–H and O–H groups in total. The first-order valence-electron chi connectivity index (χ1n) is 6.92. The minimum absolute atomic E-state index is 0.0691. The molecule has 1 aromatic rings. The van der Waals surface area contributed by atoms with Gasteiger partial charge in [0, 0.05) is 18.0 Å². The van der Waals surface area contributed by atoms with Crippen LogP contribution in [0, 0.1) is 5.92 Å². The summed E-state index contributed by atoms with van der Waals surface area (Å²) in [5, 5.41) is 3.41. The van der Waals surface area contributed by atoms with Crippen LogP contribution in [0.4, 0.5) is 5.82 Å². The molecule has 18 heavy (non-hydrogen) atoms. The molecule has 0 amide bonds. The molecule has 1 aliphatic rings. The number of rotatable bonds is 3. The highest BCUT2D eigenvalue weighted by Gasteiger charge is 2.18. The zero-order chi connectivity index (χ0) is 13.1. The van der Waals surface area contributed by atoms with Crippen molar-refractivity contribution >= 4 is 5.82 Å². The fraction of sp³-hybridized carbons (Fsp3) is 0.714. The van der Waals surface area contributed by atoms with Crippen molar-refractivity contribution in [1.82, 2.24) is 9.97 Å². The normalized spacial score (nSPS) is 24.2. The van der Waals surface area contributed by atoms with Crippen molar-refractivity contribution in [2.75, 3.05) is 5.32 Å². The summed E-state index contributed by atoms with van der Waals surface area (Å²) in [6.45, 7) is 6.37. The van der Waals surface area contributed by atoms with Crippen molar-refractivity contribution in [1.29, 1.82) is 0 Å². The van der Waals surface area contributed by atoms with Gasteiger partial charge in [-0.25, -0.2) is 4.98 Å². The summed E-state index contributed by atoms with van der Waals surface area (Å²) in [7, 11) is 0. The van der Waals surface area contributed by atoms with Crippen molar-refractivity contribution in [3.8, 4) is 0 Å². The molecule has 2 rings (SSSR count). The fourth-order valence-corrected chi connectivity index (χ4v) is 2.44. The van der Waals surface area contributed by atoms with Crippen LogP contribution in [0.25, 0.3) is 0 Å². The van der Waals surface area contributed by atoms with E-state index in [0.717, 1.165) is 17.6 Å². The maximum atomic E-state index is 11.6. The molecule has 1 saturated carbocycles. The highest BCUT2D eigenvalue weighted by molar-refractivity contribution is 5.34. The molecule has 0 aromatic carbocycles. The molecule has 0 spiro atoms. The Morgan fingerprint density at radius 2 is 2.00 bits per heavy atom. The minimum atomic E-state index is -0.0691. The molecule has 1 heterocycles. The lowest BCUT2D eigenvalue weighted by Gasteiger charge is -2.27. The third-order valence-electron chi connectivity index (χ3n) is 3.67. The summed E-state index contributed by atoms with van der Waals surface area (Å²) in [6.07, 6.45) is 4.87. The lowest BCUT2D eigenvalue weighted by Crippen LogP contribution is -2.27. The van der Waals surface area contributed by atoms with Crippen LogP contribution in [0.3, 0.4) is 0 Å². The first kappa shape index (κ1) is 13.1. The van der Waals surface area contributed by atoms with E-state index in [0.29, 0.717) is 6.04 Å². The number of aromatic nitrogens is 2. The average Bonchev–Trinajstić information content (AvgIpc) is 2.31. The zero-order valence-corrected chi connectivity index (χ0v) is 11.5. The lowest BCUT2D eigenvalue weighted by molar-refractivity contribution is 0.360. The van der Waals surface area contributed by atoms with Crippen molar-refractivity contribution in [3.05, 3.63) is 22.2 Å². The molecular weight excluding hydrogens is 226 g/mol. The van der Waals surface area contributed by atoms with Crippen LogP contribution in [0.5, 0.6) is 0 Å². The van der Waals surface area contributed by atoms with E-state index >= 15 is 0 Å². The third kappa shape index (κ3) is 3.34. The van der Waals surface area contributed by atoms with Crippen LogP contribution < -0.4 is 10.9 Å². The number of H-pyrrole nitrogens is 1. The Balaban J connectivity index is 2.07. The van der Waals surface area contributed by atoms with E-state index in [-0.39, 0.29) is 11.5 Å². The molecule has 0 radical (unpaired) electrons. The topological polar surface area (TPSA) is 57.8 Å². The summed E-state index contributed by atoms with van der Waals surface area (Å²) >= 11 is 0. The van der Waals surface area contributed by atoms with Gasteiger partial charge >= 0.3 is 0 Å². The van der Waals surface area contributed by atoms with Gasteiger partial charge in [0.25, 0.3) is 5.56 Å². The van der Waals surface area contributed by atoms with Crippen LogP contribution >= 0.6 is 0 Å². The van der Waals surface area contributed by atoms with Gasteiger partial charge in [-0.15, -0.1) is 0 Å². The first-order valence-corrected chi connectivity index (χ1v) is 6.92. The van der Waals surface area contributed by atoms with E-state index < -0.39 is 0 Å². The molecular formula is C14H23N3O. The molecule has 1 fully saturated rings. The number of nitrogens with zero attached hydrogens (tertiary/aromatic N) is 1. The molecule has 0 bridgehead atoms. The second kappa shape index (κ2) is 5.55. The van der Waals surface area contributed by atoms with Gasteiger partial charge in [-0.1, -0.05) is 20.8 Å². The van der Waals surface area contributed by atoms with E-state index in [1.165, 1.54) is 25.7 Å². The SMILES string of the molecule is CC1CCC(Nc2cc(=O)[nH]c(C(C)C)n2)CC1. The molecule has 100 valence electrons. The van der Waals surface area contributed by atoms with Gasteiger partial charge in [0.1, 0.15) is 11.6 Å². The summed E-state index contributed by atoms with van der Waals surface area (Å²) in [4.78, 5) is 18.8. The van der Waals surface area contributed by atoms with E-state index in [4.69, 9.17) is 0 Å². The summed E-state index contributed by atoms with van der Waals surface area (Å²) in [6, 6.07) is 2.03. The van der Waals surface area contributed by atoms with E-state index in [9.17, 15) is 4.79 Å². The Hall–Kier alpha value is -1.32. The Morgan fingerprint density at radius 1 is 1.33 bits per heavy atom. The first-order chi connectivity index (χ1) is 8.54. The quantitative estimate of drug-likeness (QED) is 0.866. The van der Waals surface area contributed by atoms with Crippen LogP contribution in [0.15, 0.2) is 10.9 Å². The second-order valence-electron chi connectivity index (χ2n) is 5.77. The third-order valence-corrected chi connectivity index (χ3v) is 3.67. The fourth-order valence-electron chi connectivity index (χ4n) is 2.44. The molecule has 0 saturated heterocycles. The predicted molar refractivity (Wildman–Crippen MR) is 74.0 cm³/mol. The maximum absolute atomic E-state index is 11.6. The number of hydrogen-bond donors (Lipinski definition) is 2. The highest BCUT2D eigenvalue weighted by Crippen LogP contribution is 2.25. The summed E-state index contributed by atoms with van der Waals surface area (Å²) < 4.78 is 0. The van der Waals surface area contributed by atoms with Gasteiger partial charge in [0.2, 0.25) is 0 Å². The van der Waals surface area contributed by atoms with Gasteiger partial charge in [-0.3, -0.25) is 4.79 Å². The van der Waals surface area contributed by atoms with Gasteiger partial charge in [0.05, 0.1) is 0 Å². The zero-order valence-electron chi connectivity index (χ0n) is 11.5. The van der Waals surface area contributed by atoms with Crippen molar-refractivity contribution < 1.29 is 0 Å². The Labute approximate surface area is 108 Å². The second-order valence-corrected chi connectivity index (χ2v) is 5.77. The number of aromatic amines is 1. The predicted octanol–water partition coefficient (Wildman–Crippen LogP) is 2.88. The molecule has 4 heteroatoms. The van der Waals surface area contributed by atoms with Crippen LogP contribution in [0.1, 0.15) is 58.2 Å². The Kier molecular flexibility index (Phi) is 4.04. The Bertz CT molecular complexity index is 445. The van der Waals surface area contributed by atoms with Gasteiger partial charge in [0.15, 0.2) is 0 Å². The molecule has 0 atom stereocenters. The average molecular weight is 249 g/mol. The maximum Gasteiger partial charge on any atom is 0.252 e. The van der Waals surface area contributed by atoms with Crippen LogP contribution in [-0.2, 0) is 0 Å². The summed E-state index contributed by atoms with van der Waals surface area (Å²) in [5.41, 5.74) is -0.0691. The van der Waals surface area contributed by atoms with Crippen molar-refractivity contribution in [3.63, 3.8) is 0 Å². The smallest absolute Gasteiger partial charge is 0.252 e. The van der Waals surface area contributed by atoms with Crippen molar-refractivity contribution in [2.24, 2.45) is 5.92 Å². The highest BCUT2D eigenvalue weighted by atomic mass is 16.1. The van der Waals surface area contributed by atoms with Crippen LogP contribution in [0.2, 0.25) is 0 Å². The van der Waals surface area contributed by atoms with Gasteiger partial charge in [-0.2, -0.15) is 0 Å². The minimum Gasteiger partial charge on any atom is -0.367 e. The molecule has 4 nitrogen and oxygen atoms in total. The molecule has 1 aliphatic carbocycles. The molecule has 0 aliphatic heterocycles. The van der Waals surface area contributed by atoms with Crippen molar-refractivity contribution in [2.45, 2.75) is 58.4 Å².